The molecule has 0 spiro atoms. The van der Waals surface area contributed by atoms with Crippen molar-refractivity contribution in [1.29, 1.82) is 0 Å². The molecule has 0 bridgehead atoms. The average molecular weight is 252 g/mol. The van der Waals surface area contributed by atoms with Gasteiger partial charge in [-0.1, -0.05) is 19.4 Å². The molecule has 0 aliphatic heterocycles. The van der Waals surface area contributed by atoms with Crippen molar-refractivity contribution < 1.29 is 28.8 Å². The van der Waals surface area contributed by atoms with Gasteiger partial charge in [0.15, 0.2) is 0 Å². The number of aliphatic carboxylic acids is 1. The van der Waals surface area contributed by atoms with Crippen molar-refractivity contribution in [3.8, 4) is 0 Å². The summed E-state index contributed by atoms with van der Waals surface area (Å²) in [5.41, 5.74) is 0.187. The molecule has 0 rings (SSSR count). The number of carbonyl (C=O) groups is 1. The van der Waals surface area contributed by atoms with Gasteiger partial charge >= 0.3 is 13.8 Å². The van der Waals surface area contributed by atoms with E-state index in [9.17, 15) is 9.36 Å². The van der Waals surface area contributed by atoms with Gasteiger partial charge in [-0.2, -0.15) is 0 Å². The molecular weight excluding hydrogens is 235 g/mol. The van der Waals surface area contributed by atoms with Gasteiger partial charge in [0.25, 0.3) is 0 Å². The minimum Gasteiger partial charge on any atom is -0.478 e. The average Bonchev–Trinajstić information content (AvgIpc) is 2.14. The van der Waals surface area contributed by atoms with Crippen LogP contribution in [0.15, 0.2) is 12.2 Å². The first-order valence-corrected chi connectivity index (χ1v) is 6.47. The highest BCUT2D eigenvalue weighted by molar-refractivity contribution is 7.46. The molecule has 0 saturated heterocycles. The largest absolute Gasteiger partial charge is 0.478 e. The molecule has 7 heteroatoms. The van der Waals surface area contributed by atoms with Crippen LogP contribution < -0.4 is 0 Å². The van der Waals surface area contributed by atoms with Crippen LogP contribution in [-0.4, -0.2) is 27.5 Å². The van der Waals surface area contributed by atoms with Crippen molar-refractivity contribution in [2.75, 3.05) is 6.61 Å². The van der Waals surface area contributed by atoms with Gasteiger partial charge in [0.05, 0.1) is 6.61 Å². The molecule has 0 aromatic rings. The topological polar surface area (TPSA) is 104 Å². The predicted octanol–water partition coefficient (Wildman–Crippen LogP) is 1.69. The van der Waals surface area contributed by atoms with Crippen molar-refractivity contribution in [2.45, 2.75) is 32.1 Å². The van der Waals surface area contributed by atoms with E-state index in [2.05, 4.69) is 11.1 Å². The van der Waals surface area contributed by atoms with Crippen LogP contribution in [0, 0.1) is 0 Å². The maximum Gasteiger partial charge on any atom is 0.469 e. The Morgan fingerprint density at radius 2 is 1.75 bits per heavy atom. The Kier molecular flexibility index (Phi) is 7.25. The third-order valence-corrected chi connectivity index (χ3v) is 2.45. The zero-order valence-electron chi connectivity index (χ0n) is 8.96. The molecule has 0 fully saturated rings. The summed E-state index contributed by atoms with van der Waals surface area (Å²) in [5.74, 6) is -0.982. The van der Waals surface area contributed by atoms with Crippen LogP contribution in [0.3, 0.4) is 0 Å². The van der Waals surface area contributed by atoms with Gasteiger partial charge in [-0.25, -0.2) is 9.36 Å². The molecule has 0 aromatic heterocycles. The summed E-state index contributed by atoms with van der Waals surface area (Å²) in [6.07, 6.45) is 3.23. The molecule has 3 N–H and O–H groups in total. The van der Waals surface area contributed by atoms with Crippen LogP contribution in [0.25, 0.3) is 0 Å². The number of carboxylic acids is 1. The molecule has 0 saturated carbocycles. The smallest absolute Gasteiger partial charge is 0.469 e. The van der Waals surface area contributed by atoms with Crippen LogP contribution in [0.1, 0.15) is 32.1 Å². The van der Waals surface area contributed by atoms with Crippen molar-refractivity contribution >= 4 is 13.8 Å². The van der Waals surface area contributed by atoms with E-state index < -0.39 is 13.8 Å². The third-order valence-electron chi connectivity index (χ3n) is 1.93. The lowest BCUT2D eigenvalue weighted by Crippen LogP contribution is -1.98. The lowest BCUT2D eigenvalue weighted by Gasteiger charge is -2.04. The van der Waals surface area contributed by atoms with Crippen molar-refractivity contribution in [3.63, 3.8) is 0 Å². The van der Waals surface area contributed by atoms with E-state index in [1.54, 1.807) is 0 Å². The van der Waals surface area contributed by atoms with E-state index in [0.717, 1.165) is 12.8 Å². The quantitative estimate of drug-likeness (QED) is 0.327. The molecule has 0 aliphatic carbocycles. The second-order valence-corrected chi connectivity index (χ2v) is 4.64. The van der Waals surface area contributed by atoms with E-state index in [1.807, 2.05) is 0 Å². The van der Waals surface area contributed by atoms with Crippen molar-refractivity contribution in [3.05, 3.63) is 12.2 Å². The molecule has 0 unspecified atom stereocenters. The van der Waals surface area contributed by atoms with E-state index >= 15 is 0 Å². The van der Waals surface area contributed by atoms with Gasteiger partial charge < -0.3 is 14.9 Å². The fourth-order valence-electron chi connectivity index (χ4n) is 1.08. The fourth-order valence-corrected chi connectivity index (χ4v) is 1.45. The summed E-state index contributed by atoms with van der Waals surface area (Å²) in [6.45, 7) is 3.41. The summed E-state index contributed by atoms with van der Waals surface area (Å²) < 4.78 is 14.5. The normalized spacial score (nSPS) is 11.4. The monoisotopic (exact) mass is 252 g/mol. The van der Waals surface area contributed by atoms with Crippen LogP contribution in [0.2, 0.25) is 0 Å². The fraction of sp³-hybridized carbons (Fsp3) is 0.667. The molecule has 0 amide bonds. The Bertz CT molecular complexity index is 282. The molecule has 0 aromatic carbocycles. The number of hydrogen-bond donors (Lipinski definition) is 3. The Morgan fingerprint density at radius 3 is 2.25 bits per heavy atom. The maximum absolute atomic E-state index is 10.4. The highest BCUT2D eigenvalue weighted by atomic mass is 31.2. The summed E-state index contributed by atoms with van der Waals surface area (Å²) in [6, 6.07) is 0. The SMILES string of the molecule is C=C(CCCCCCOP(=O)(O)O)C(=O)O. The maximum atomic E-state index is 10.4. The van der Waals surface area contributed by atoms with Gasteiger partial charge in [0, 0.05) is 5.57 Å². The Hall–Kier alpha value is -0.680. The summed E-state index contributed by atoms with van der Waals surface area (Å²) >= 11 is 0. The number of unbranched alkanes of at least 4 members (excludes halogenated alkanes) is 3. The van der Waals surface area contributed by atoms with Crippen molar-refractivity contribution in [1.82, 2.24) is 0 Å². The first-order chi connectivity index (χ1) is 7.33. The highest BCUT2D eigenvalue weighted by Crippen LogP contribution is 2.35. The molecule has 16 heavy (non-hydrogen) atoms. The zero-order valence-corrected chi connectivity index (χ0v) is 9.86. The summed E-state index contributed by atoms with van der Waals surface area (Å²) in [7, 11) is -4.34. The predicted molar refractivity (Wildman–Crippen MR) is 57.9 cm³/mol. The van der Waals surface area contributed by atoms with Crippen LogP contribution in [-0.2, 0) is 13.9 Å². The van der Waals surface area contributed by atoms with Crippen LogP contribution >= 0.6 is 7.82 Å². The number of phosphoric ester groups is 1. The number of carboxylic acid groups (broad SMARTS) is 1. The number of rotatable bonds is 9. The third kappa shape index (κ3) is 9.86. The van der Waals surface area contributed by atoms with E-state index in [0.29, 0.717) is 19.3 Å². The molecule has 0 heterocycles. The second-order valence-electron chi connectivity index (χ2n) is 3.40. The van der Waals surface area contributed by atoms with E-state index in [1.165, 1.54) is 0 Å². The van der Waals surface area contributed by atoms with Gasteiger partial charge in [0.2, 0.25) is 0 Å². The van der Waals surface area contributed by atoms with E-state index in [-0.39, 0.29) is 12.2 Å². The zero-order chi connectivity index (χ0) is 12.6. The Morgan fingerprint density at radius 1 is 1.19 bits per heavy atom. The molecule has 0 radical (unpaired) electrons. The lowest BCUT2D eigenvalue weighted by molar-refractivity contribution is -0.132. The van der Waals surface area contributed by atoms with Gasteiger partial charge in [-0.05, 0) is 19.3 Å². The minimum absolute atomic E-state index is 0.0180. The van der Waals surface area contributed by atoms with Crippen molar-refractivity contribution in [2.24, 2.45) is 0 Å². The molecule has 0 aliphatic rings. The van der Waals surface area contributed by atoms with Crippen LogP contribution in [0.4, 0.5) is 0 Å². The standard InChI is InChI=1S/C9H17O6P/c1-8(9(10)11)6-4-2-3-5-7-15-16(12,13)14/h1-7H2,(H,10,11)(H2,12,13,14). The number of phosphoric acid groups is 1. The molecule has 94 valence electrons. The molecule has 0 atom stereocenters. The Labute approximate surface area is 94.2 Å². The van der Waals surface area contributed by atoms with Crippen LogP contribution in [0.5, 0.6) is 0 Å². The summed E-state index contributed by atoms with van der Waals surface area (Å²) in [5, 5.41) is 8.51. The summed E-state index contributed by atoms with van der Waals surface area (Å²) in [4.78, 5) is 27.1. The Balaban J connectivity index is 3.32. The van der Waals surface area contributed by atoms with Gasteiger partial charge in [-0.15, -0.1) is 0 Å². The molecule has 6 nitrogen and oxygen atoms in total. The highest BCUT2D eigenvalue weighted by Gasteiger charge is 2.12. The minimum atomic E-state index is -4.34. The lowest BCUT2D eigenvalue weighted by atomic mass is 10.1. The van der Waals surface area contributed by atoms with Gasteiger partial charge in [-0.3, -0.25) is 4.52 Å². The second kappa shape index (κ2) is 7.57. The number of hydrogen-bond acceptors (Lipinski definition) is 3. The van der Waals surface area contributed by atoms with Gasteiger partial charge in [0.1, 0.15) is 0 Å². The molecular formula is C9H17O6P. The first kappa shape index (κ1) is 15.3. The van der Waals surface area contributed by atoms with E-state index in [4.69, 9.17) is 14.9 Å². The first-order valence-electron chi connectivity index (χ1n) is 4.94.